The molecule has 0 saturated heterocycles. The predicted octanol–water partition coefficient (Wildman–Crippen LogP) is 3.09. The van der Waals surface area contributed by atoms with E-state index in [2.05, 4.69) is 21.2 Å². The Labute approximate surface area is 121 Å². The number of halogens is 2. The van der Waals surface area contributed by atoms with Crippen LogP contribution in [0.2, 0.25) is 0 Å². The van der Waals surface area contributed by atoms with Gasteiger partial charge in [-0.25, -0.2) is 4.39 Å². The summed E-state index contributed by atoms with van der Waals surface area (Å²) in [7, 11) is 1.53. The number of nitrogens with zero attached hydrogens (tertiary/aromatic N) is 2. The molecule has 0 aliphatic carbocycles. The third-order valence-electron chi connectivity index (χ3n) is 2.61. The number of benzene rings is 1. The number of nitrogens with one attached hydrogen (secondary N) is 1. The molecule has 2 aromatic rings. The quantitative estimate of drug-likeness (QED) is 0.688. The van der Waals surface area contributed by atoms with Crippen molar-refractivity contribution in [2.75, 3.05) is 5.32 Å². The number of amides is 1. The lowest BCUT2D eigenvalue weighted by molar-refractivity contribution is -0.384. The van der Waals surface area contributed by atoms with Gasteiger partial charge in [0.2, 0.25) is 0 Å². The summed E-state index contributed by atoms with van der Waals surface area (Å²) in [6.45, 7) is 0. The maximum absolute atomic E-state index is 13.1. The van der Waals surface area contributed by atoms with Gasteiger partial charge in [-0.15, -0.1) is 0 Å². The Morgan fingerprint density at radius 1 is 1.45 bits per heavy atom. The van der Waals surface area contributed by atoms with E-state index in [1.54, 1.807) is 0 Å². The summed E-state index contributed by atoms with van der Waals surface area (Å²) in [5.74, 6) is -0.961. The zero-order valence-corrected chi connectivity index (χ0v) is 11.8. The molecule has 6 nitrogen and oxygen atoms in total. The highest BCUT2D eigenvalue weighted by atomic mass is 79.9. The van der Waals surface area contributed by atoms with Crippen LogP contribution in [0.25, 0.3) is 0 Å². The number of carbonyl (C=O) groups excluding carboxylic acids is 1. The van der Waals surface area contributed by atoms with E-state index in [9.17, 15) is 19.3 Å². The minimum atomic E-state index is -0.578. The van der Waals surface area contributed by atoms with Gasteiger partial charge in [-0.3, -0.25) is 14.9 Å². The number of carbonyl (C=O) groups is 1. The first kappa shape index (κ1) is 14.2. The first-order valence-corrected chi connectivity index (χ1v) is 6.25. The van der Waals surface area contributed by atoms with E-state index in [4.69, 9.17) is 0 Å². The van der Waals surface area contributed by atoms with Crippen molar-refractivity contribution in [2.45, 2.75) is 0 Å². The Morgan fingerprint density at radius 2 is 2.15 bits per heavy atom. The van der Waals surface area contributed by atoms with Gasteiger partial charge in [0, 0.05) is 18.8 Å². The topological polar surface area (TPSA) is 77.2 Å². The molecule has 1 heterocycles. The molecule has 0 atom stereocenters. The van der Waals surface area contributed by atoms with Crippen LogP contribution in [0.15, 0.2) is 34.9 Å². The van der Waals surface area contributed by atoms with E-state index >= 15 is 0 Å². The highest BCUT2D eigenvalue weighted by Crippen LogP contribution is 2.21. The largest absolute Gasteiger partial charge is 0.340 e. The molecule has 0 spiro atoms. The number of nitro groups is 1. The highest BCUT2D eigenvalue weighted by molar-refractivity contribution is 9.10. The fraction of sp³-hybridized carbons (Fsp3) is 0.0833. The molecule has 1 amide bonds. The second kappa shape index (κ2) is 5.41. The van der Waals surface area contributed by atoms with Crippen molar-refractivity contribution >= 4 is 33.2 Å². The van der Waals surface area contributed by atoms with Gasteiger partial charge in [0.15, 0.2) is 0 Å². The summed E-state index contributed by atoms with van der Waals surface area (Å²) < 4.78 is 14.6. The van der Waals surface area contributed by atoms with E-state index in [0.29, 0.717) is 5.69 Å². The first-order chi connectivity index (χ1) is 9.38. The summed E-state index contributed by atoms with van der Waals surface area (Å²) in [5.41, 5.74) is 0.349. The number of anilines is 1. The minimum absolute atomic E-state index is 0.136. The molecule has 0 fully saturated rings. The smallest absolute Gasteiger partial charge is 0.287 e. The number of rotatable bonds is 3. The van der Waals surface area contributed by atoms with Crippen LogP contribution in [0.4, 0.5) is 15.8 Å². The molecule has 0 radical (unpaired) electrons. The van der Waals surface area contributed by atoms with Crippen LogP contribution in [-0.4, -0.2) is 15.4 Å². The lowest BCUT2D eigenvalue weighted by Gasteiger charge is -2.06. The minimum Gasteiger partial charge on any atom is -0.340 e. The second-order valence-electron chi connectivity index (χ2n) is 4.03. The second-order valence-corrected chi connectivity index (χ2v) is 4.89. The van der Waals surface area contributed by atoms with Crippen molar-refractivity contribution in [1.29, 1.82) is 0 Å². The van der Waals surface area contributed by atoms with Crippen LogP contribution in [0.5, 0.6) is 0 Å². The first-order valence-electron chi connectivity index (χ1n) is 5.45. The van der Waals surface area contributed by atoms with E-state index < -0.39 is 16.6 Å². The van der Waals surface area contributed by atoms with Crippen molar-refractivity contribution in [3.63, 3.8) is 0 Å². The molecule has 1 aromatic carbocycles. The summed E-state index contributed by atoms with van der Waals surface area (Å²) in [4.78, 5) is 22.1. The van der Waals surface area contributed by atoms with Crippen molar-refractivity contribution in [3.8, 4) is 0 Å². The number of hydrogen-bond donors (Lipinski definition) is 1. The molecule has 1 N–H and O–H groups in total. The number of hydrogen-bond acceptors (Lipinski definition) is 3. The van der Waals surface area contributed by atoms with Crippen molar-refractivity contribution < 1.29 is 14.1 Å². The average Bonchev–Trinajstić information content (AvgIpc) is 2.76. The average molecular weight is 342 g/mol. The van der Waals surface area contributed by atoms with Gasteiger partial charge < -0.3 is 9.88 Å². The van der Waals surface area contributed by atoms with Gasteiger partial charge >= 0.3 is 0 Å². The van der Waals surface area contributed by atoms with Crippen molar-refractivity contribution in [3.05, 3.63) is 56.6 Å². The Bertz CT molecular complexity index is 699. The van der Waals surface area contributed by atoms with E-state index in [0.717, 1.165) is 0 Å². The fourth-order valence-electron chi connectivity index (χ4n) is 1.64. The van der Waals surface area contributed by atoms with Gasteiger partial charge in [-0.1, -0.05) is 0 Å². The summed E-state index contributed by atoms with van der Waals surface area (Å²) in [6, 6.07) is 5.18. The lowest BCUT2D eigenvalue weighted by Crippen LogP contribution is -2.15. The molecule has 0 bridgehead atoms. The van der Waals surface area contributed by atoms with Crippen LogP contribution in [0.3, 0.4) is 0 Å². The van der Waals surface area contributed by atoms with Gasteiger partial charge in [0.1, 0.15) is 11.5 Å². The maximum atomic E-state index is 13.1. The van der Waals surface area contributed by atoms with E-state index in [1.807, 2.05) is 0 Å². The summed E-state index contributed by atoms with van der Waals surface area (Å²) >= 11 is 3.01. The standard InChI is InChI=1S/C12H9BrFN3O3/c1-16-6-8(17(19)20)5-11(16)12(18)15-7-2-3-10(14)9(13)4-7/h2-6H,1H3,(H,15,18). The van der Waals surface area contributed by atoms with Crippen LogP contribution in [0, 0.1) is 15.9 Å². The SMILES string of the molecule is Cn1cc([N+](=O)[O-])cc1C(=O)Nc1ccc(F)c(Br)c1. The molecule has 104 valence electrons. The lowest BCUT2D eigenvalue weighted by atomic mass is 10.3. The molecular weight excluding hydrogens is 333 g/mol. The normalized spacial score (nSPS) is 10.3. The van der Waals surface area contributed by atoms with Crippen LogP contribution in [-0.2, 0) is 7.05 Å². The van der Waals surface area contributed by atoms with Crippen LogP contribution in [0.1, 0.15) is 10.5 Å². The zero-order valence-electron chi connectivity index (χ0n) is 10.3. The van der Waals surface area contributed by atoms with Gasteiger partial charge in [-0.2, -0.15) is 0 Å². The Hall–Kier alpha value is -2.22. The predicted molar refractivity (Wildman–Crippen MR) is 74.1 cm³/mol. The molecule has 2 rings (SSSR count). The Morgan fingerprint density at radius 3 is 2.70 bits per heavy atom. The van der Waals surface area contributed by atoms with Crippen LogP contribution < -0.4 is 5.32 Å². The summed E-state index contributed by atoms with van der Waals surface area (Å²) in [6.07, 6.45) is 1.25. The molecule has 1 aromatic heterocycles. The molecule has 0 aliphatic heterocycles. The van der Waals surface area contributed by atoms with Crippen molar-refractivity contribution in [2.24, 2.45) is 7.05 Å². The Kier molecular flexibility index (Phi) is 3.84. The third-order valence-corrected chi connectivity index (χ3v) is 3.22. The van der Waals surface area contributed by atoms with E-state index in [1.165, 1.54) is 42.1 Å². The fourth-order valence-corrected chi connectivity index (χ4v) is 2.02. The Balaban J connectivity index is 2.23. The van der Waals surface area contributed by atoms with E-state index in [-0.39, 0.29) is 15.9 Å². The van der Waals surface area contributed by atoms with Crippen LogP contribution >= 0.6 is 15.9 Å². The van der Waals surface area contributed by atoms with Crippen molar-refractivity contribution in [1.82, 2.24) is 4.57 Å². The maximum Gasteiger partial charge on any atom is 0.287 e. The summed E-state index contributed by atoms with van der Waals surface area (Å²) in [5, 5.41) is 13.2. The molecule has 8 heteroatoms. The monoisotopic (exact) mass is 341 g/mol. The molecule has 20 heavy (non-hydrogen) atoms. The molecule has 0 unspecified atom stereocenters. The van der Waals surface area contributed by atoms with Gasteiger partial charge in [0.25, 0.3) is 11.6 Å². The zero-order chi connectivity index (χ0) is 14.9. The van der Waals surface area contributed by atoms with Gasteiger partial charge in [-0.05, 0) is 34.1 Å². The highest BCUT2D eigenvalue weighted by Gasteiger charge is 2.17. The van der Waals surface area contributed by atoms with Gasteiger partial charge in [0.05, 0.1) is 15.6 Å². The third kappa shape index (κ3) is 2.85. The molecule has 0 aliphatic rings. The molecular formula is C12H9BrFN3O3. The number of aryl methyl sites for hydroxylation is 1. The number of aromatic nitrogens is 1. The molecule has 0 saturated carbocycles.